The fraction of sp³-hybridized carbons (Fsp3) is 0.333. The third kappa shape index (κ3) is 2.99. The van der Waals surface area contributed by atoms with Crippen LogP contribution in [0.1, 0.15) is 19.8 Å². The third-order valence-corrected chi connectivity index (χ3v) is 4.37. The summed E-state index contributed by atoms with van der Waals surface area (Å²) in [6.07, 6.45) is 4.59. The number of nitrogens with one attached hydrogen (secondary N) is 1. The summed E-state index contributed by atoms with van der Waals surface area (Å²) in [6, 6.07) is 14.3. The normalized spacial score (nSPS) is 18.3. The molecule has 1 unspecified atom stereocenters. The Bertz CT molecular complexity index is 796. The Labute approximate surface area is 136 Å². The first-order valence-electron chi connectivity index (χ1n) is 8.21. The van der Waals surface area contributed by atoms with Gasteiger partial charge in [-0.05, 0) is 37.0 Å². The number of hydrogen-bond donors (Lipinski definition) is 1. The summed E-state index contributed by atoms with van der Waals surface area (Å²) < 4.78 is 1.82. The quantitative estimate of drug-likeness (QED) is 0.801. The van der Waals surface area contributed by atoms with Gasteiger partial charge in [-0.3, -0.25) is 0 Å². The third-order valence-electron chi connectivity index (χ3n) is 4.37. The zero-order valence-electron chi connectivity index (χ0n) is 13.3. The van der Waals surface area contributed by atoms with Crippen molar-refractivity contribution in [2.24, 2.45) is 5.92 Å². The molecule has 4 rings (SSSR count). The van der Waals surface area contributed by atoms with E-state index in [1.807, 2.05) is 41.0 Å². The molecule has 1 aliphatic heterocycles. The Balaban J connectivity index is 1.59. The van der Waals surface area contributed by atoms with Gasteiger partial charge in [-0.2, -0.15) is 4.98 Å². The summed E-state index contributed by atoms with van der Waals surface area (Å²) in [5, 5.41) is 7.73. The van der Waals surface area contributed by atoms with E-state index in [2.05, 4.69) is 39.4 Å². The van der Waals surface area contributed by atoms with Gasteiger partial charge >= 0.3 is 0 Å². The van der Waals surface area contributed by atoms with Crippen LogP contribution in [0.5, 0.6) is 0 Å². The van der Waals surface area contributed by atoms with Gasteiger partial charge < -0.3 is 10.2 Å². The molecule has 1 aliphatic rings. The lowest BCUT2D eigenvalue weighted by atomic mass is 10.00. The van der Waals surface area contributed by atoms with E-state index in [1.165, 1.54) is 18.5 Å². The molecule has 23 heavy (non-hydrogen) atoms. The number of nitrogens with zero attached hydrogens (tertiary/aromatic N) is 4. The van der Waals surface area contributed by atoms with Crippen molar-refractivity contribution >= 4 is 23.0 Å². The highest BCUT2D eigenvalue weighted by Gasteiger charge is 2.17. The van der Waals surface area contributed by atoms with Crippen molar-refractivity contribution in [3.8, 4) is 0 Å². The molecule has 1 N–H and O–H groups in total. The molecule has 118 valence electrons. The topological polar surface area (TPSA) is 45.5 Å². The summed E-state index contributed by atoms with van der Waals surface area (Å²) in [5.41, 5.74) is 3.11. The van der Waals surface area contributed by atoms with Crippen LogP contribution in [0.2, 0.25) is 0 Å². The number of piperidine rings is 1. The Hall–Kier alpha value is -2.56. The molecule has 3 heterocycles. The van der Waals surface area contributed by atoms with Crippen LogP contribution in [0.3, 0.4) is 0 Å². The molecule has 5 heteroatoms. The average Bonchev–Trinajstić information content (AvgIpc) is 2.97. The maximum atomic E-state index is 4.60. The van der Waals surface area contributed by atoms with Crippen molar-refractivity contribution in [1.82, 2.24) is 14.6 Å². The Morgan fingerprint density at radius 1 is 1.17 bits per heavy atom. The Morgan fingerprint density at radius 2 is 2.04 bits per heavy atom. The molecule has 0 saturated carbocycles. The van der Waals surface area contributed by atoms with Crippen molar-refractivity contribution in [2.45, 2.75) is 19.8 Å². The minimum Gasteiger partial charge on any atom is -0.371 e. The number of anilines is 3. The van der Waals surface area contributed by atoms with Crippen molar-refractivity contribution in [3.05, 3.63) is 48.7 Å². The lowest BCUT2D eigenvalue weighted by molar-refractivity contribution is 0.447. The fourth-order valence-electron chi connectivity index (χ4n) is 3.19. The zero-order chi connectivity index (χ0) is 15.6. The summed E-state index contributed by atoms with van der Waals surface area (Å²) >= 11 is 0. The molecule has 1 fully saturated rings. The minimum absolute atomic E-state index is 0.625. The van der Waals surface area contributed by atoms with E-state index in [9.17, 15) is 0 Å². The van der Waals surface area contributed by atoms with Crippen molar-refractivity contribution in [2.75, 3.05) is 23.3 Å². The molecule has 0 bridgehead atoms. The first-order chi connectivity index (χ1) is 11.3. The molecular formula is C18H21N5. The summed E-state index contributed by atoms with van der Waals surface area (Å²) in [6.45, 7) is 4.58. The number of hydrogen-bond acceptors (Lipinski definition) is 4. The van der Waals surface area contributed by atoms with E-state index in [0.717, 1.165) is 30.3 Å². The van der Waals surface area contributed by atoms with Crippen LogP contribution < -0.4 is 10.2 Å². The second-order valence-electron chi connectivity index (χ2n) is 6.31. The lowest BCUT2D eigenvalue weighted by Crippen LogP contribution is -2.34. The highest BCUT2D eigenvalue weighted by Crippen LogP contribution is 2.24. The van der Waals surface area contributed by atoms with Gasteiger partial charge in [0.2, 0.25) is 5.95 Å². The smallest absolute Gasteiger partial charge is 0.247 e. The van der Waals surface area contributed by atoms with Crippen molar-refractivity contribution in [1.29, 1.82) is 0 Å². The van der Waals surface area contributed by atoms with Gasteiger partial charge in [-0.25, -0.2) is 4.52 Å². The van der Waals surface area contributed by atoms with Crippen molar-refractivity contribution < 1.29 is 0 Å². The Kier molecular flexibility index (Phi) is 3.61. The predicted octanol–water partition coefficient (Wildman–Crippen LogP) is 3.71. The first-order valence-corrected chi connectivity index (χ1v) is 8.21. The molecule has 0 amide bonds. The second-order valence-corrected chi connectivity index (χ2v) is 6.31. The van der Waals surface area contributed by atoms with Gasteiger partial charge in [-0.15, -0.1) is 5.10 Å². The molecule has 2 aromatic heterocycles. The van der Waals surface area contributed by atoms with E-state index >= 15 is 0 Å². The number of rotatable bonds is 3. The Morgan fingerprint density at radius 3 is 2.87 bits per heavy atom. The van der Waals surface area contributed by atoms with Gasteiger partial charge in [0.05, 0.1) is 0 Å². The van der Waals surface area contributed by atoms with Gasteiger partial charge in [0.15, 0.2) is 5.65 Å². The molecule has 0 spiro atoms. The monoisotopic (exact) mass is 307 g/mol. The predicted molar refractivity (Wildman–Crippen MR) is 93.3 cm³/mol. The summed E-state index contributed by atoms with van der Waals surface area (Å²) in [7, 11) is 0. The van der Waals surface area contributed by atoms with Gasteiger partial charge in [0.25, 0.3) is 0 Å². The average molecular weight is 307 g/mol. The molecule has 1 atom stereocenters. The van der Waals surface area contributed by atoms with Crippen molar-refractivity contribution in [3.63, 3.8) is 0 Å². The van der Waals surface area contributed by atoms with Gasteiger partial charge in [-0.1, -0.05) is 25.1 Å². The van der Waals surface area contributed by atoms with Crippen LogP contribution in [0, 0.1) is 5.92 Å². The number of pyridine rings is 1. The number of benzene rings is 1. The zero-order valence-corrected chi connectivity index (χ0v) is 13.3. The standard InChI is InChI=1S/C18H21N5/c1-14-6-5-10-22(13-14)16-9-11-23-17(12-16)20-18(21-23)19-15-7-3-2-4-8-15/h2-4,7-9,11-12,14H,5-6,10,13H2,1H3,(H,19,21). The molecular weight excluding hydrogens is 286 g/mol. The van der Waals surface area contributed by atoms with Crippen LogP contribution >= 0.6 is 0 Å². The molecule has 3 aromatic rings. The number of para-hydroxylation sites is 1. The maximum absolute atomic E-state index is 4.60. The van der Waals surface area contributed by atoms with Crippen LogP contribution in [-0.2, 0) is 0 Å². The molecule has 5 nitrogen and oxygen atoms in total. The largest absolute Gasteiger partial charge is 0.371 e. The van der Waals surface area contributed by atoms with Crippen LogP contribution in [-0.4, -0.2) is 27.7 Å². The SMILES string of the molecule is CC1CCCN(c2ccn3nc(Nc4ccccc4)nc3c2)C1. The highest BCUT2D eigenvalue weighted by atomic mass is 15.3. The molecule has 0 aliphatic carbocycles. The summed E-state index contributed by atoms with van der Waals surface area (Å²) in [5.74, 6) is 1.38. The highest BCUT2D eigenvalue weighted by molar-refractivity contribution is 5.60. The minimum atomic E-state index is 0.625. The molecule has 1 saturated heterocycles. The maximum Gasteiger partial charge on any atom is 0.247 e. The van der Waals surface area contributed by atoms with E-state index in [4.69, 9.17) is 0 Å². The van der Waals surface area contributed by atoms with E-state index in [0.29, 0.717) is 5.95 Å². The van der Waals surface area contributed by atoms with Gasteiger partial charge in [0, 0.05) is 36.7 Å². The van der Waals surface area contributed by atoms with Gasteiger partial charge in [0.1, 0.15) is 0 Å². The number of aromatic nitrogens is 3. The van der Waals surface area contributed by atoms with Crippen LogP contribution in [0.4, 0.5) is 17.3 Å². The number of fused-ring (bicyclic) bond motifs is 1. The second kappa shape index (κ2) is 5.91. The van der Waals surface area contributed by atoms with Crippen LogP contribution in [0.15, 0.2) is 48.7 Å². The van der Waals surface area contributed by atoms with E-state index in [1.54, 1.807) is 0 Å². The van der Waals surface area contributed by atoms with E-state index < -0.39 is 0 Å². The molecule has 0 radical (unpaired) electrons. The fourth-order valence-corrected chi connectivity index (χ4v) is 3.19. The molecule has 1 aromatic carbocycles. The summed E-state index contributed by atoms with van der Waals surface area (Å²) in [4.78, 5) is 7.05. The van der Waals surface area contributed by atoms with E-state index in [-0.39, 0.29) is 0 Å². The van der Waals surface area contributed by atoms with Crippen LogP contribution in [0.25, 0.3) is 5.65 Å². The first kappa shape index (κ1) is 14.1. The lowest BCUT2D eigenvalue weighted by Gasteiger charge is -2.32.